The summed E-state index contributed by atoms with van der Waals surface area (Å²) in [4.78, 5) is 24.3. The predicted octanol–water partition coefficient (Wildman–Crippen LogP) is 6.48. The van der Waals surface area contributed by atoms with Gasteiger partial charge in [0.25, 0.3) is 0 Å². The normalized spacial score (nSPS) is 10.5. The Morgan fingerprint density at radius 3 is 2.34 bits per heavy atom. The summed E-state index contributed by atoms with van der Waals surface area (Å²) in [5, 5.41) is 6.22. The first kappa shape index (κ1) is 21.0. The van der Waals surface area contributed by atoms with Crippen LogP contribution in [0.5, 0.6) is 0 Å². The van der Waals surface area contributed by atoms with Gasteiger partial charge in [-0.05, 0) is 67.1 Å². The number of nitrogens with one attached hydrogen (secondary N) is 2. The Hall–Kier alpha value is -2.70. The fraction of sp³-hybridized carbons (Fsp3) is 0.0909. The Morgan fingerprint density at radius 1 is 0.966 bits per heavy atom. The Kier molecular flexibility index (Phi) is 6.35. The predicted molar refractivity (Wildman–Crippen MR) is 118 cm³/mol. The number of carbonyl (C=O) groups excluding carboxylic acids is 2. The molecule has 0 heterocycles. The van der Waals surface area contributed by atoms with E-state index in [9.17, 15) is 14.0 Å². The van der Waals surface area contributed by atoms with Gasteiger partial charge in [0.05, 0.1) is 16.4 Å². The molecular formula is C22H17BrClFN2O2. The largest absolute Gasteiger partial charge is 0.354 e. The number of carbonyl (C=O) groups is 2. The first-order valence-corrected chi connectivity index (χ1v) is 9.86. The molecule has 7 heteroatoms. The number of aryl methyl sites for hydroxylation is 1. The molecule has 1 amide bonds. The van der Waals surface area contributed by atoms with Gasteiger partial charge in [0.1, 0.15) is 5.82 Å². The van der Waals surface area contributed by atoms with Gasteiger partial charge >= 0.3 is 0 Å². The average molecular weight is 476 g/mol. The van der Waals surface area contributed by atoms with Crippen LogP contribution >= 0.6 is 27.5 Å². The molecule has 0 saturated heterocycles. The summed E-state index contributed by atoms with van der Waals surface area (Å²) in [5.41, 5.74) is 3.19. The molecule has 29 heavy (non-hydrogen) atoms. The molecule has 0 atom stereocenters. The van der Waals surface area contributed by atoms with Crippen LogP contribution < -0.4 is 10.6 Å². The zero-order valence-electron chi connectivity index (χ0n) is 15.6. The molecule has 0 unspecified atom stereocenters. The van der Waals surface area contributed by atoms with E-state index in [1.54, 1.807) is 31.2 Å². The van der Waals surface area contributed by atoms with Crippen LogP contribution in [-0.2, 0) is 4.79 Å². The summed E-state index contributed by atoms with van der Waals surface area (Å²) in [6.07, 6.45) is 0. The van der Waals surface area contributed by atoms with Crippen molar-refractivity contribution in [3.63, 3.8) is 0 Å². The molecule has 0 aliphatic heterocycles. The first-order chi connectivity index (χ1) is 13.7. The second kappa shape index (κ2) is 8.76. The number of hydrogen-bond donors (Lipinski definition) is 2. The van der Waals surface area contributed by atoms with E-state index in [2.05, 4.69) is 26.6 Å². The zero-order valence-corrected chi connectivity index (χ0v) is 18.0. The molecule has 148 valence electrons. The lowest BCUT2D eigenvalue weighted by molar-refractivity contribution is -0.114. The average Bonchev–Trinajstić information content (AvgIpc) is 2.63. The van der Waals surface area contributed by atoms with Gasteiger partial charge in [0.15, 0.2) is 5.78 Å². The Morgan fingerprint density at radius 2 is 1.69 bits per heavy atom. The van der Waals surface area contributed by atoms with Gasteiger partial charge in [-0.25, -0.2) is 4.39 Å². The monoisotopic (exact) mass is 474 g/mol. The lowest BCUT2D eigenvalue weighted by Gasteiger charge is -2.14. The maximum atomic E-state index is 13.3. The third-order valence-electron chi connectivity index (χ3n) is 4.22. The maximum Gasteiger partial charge on any atom is 0.221 e. The standard InChI is InChI=1S/C22H17BrClFN2O2/c1-12-9-15(25)4-6-17(12)22(29)18-7-5-16(11-19(18)24)27-20-8-3-14(23)10-21(20)26-13(2)28/h3-11,27H,1-2H3,(H,26,28). The molecule has 3 aromatic carbocycles. The van der Waals surface area contributed by atoms with Crippen molar-refractivity contribution in [1.82, 2.24) is 0 Å². The van der Waals surface area contributed by atoms with E-state index in [4.69, 9.17) is 11.6 Å². The van der Waals surface area contributed by atoms with E-state index in [1.807, 2.05) is 12.1 Å². The van der Waals surface area contributed by atoms with Crippen molar-refractivity contribution in [1.29, 1.82) is 0 Å². The molecule has 0 radical (unpaired) electrons. The summed E-state index contributed by atoms with van der Waals surface area (Å²) in [5.74, 6) is -0.865. The molecule has 0 bridgehead atoms. The smallest absolute Gasteiger partial charge is 0.221 e. The lowest BCUT2D eigenvalue weighted by atomic mass is 9.99. The molecule has 3 rings (SSSR count). The molecule has 4 nitrogen and oxygen atoms in total. The maximum absolute atomic E-state index is 13.3. The van der Waals surface area contributed by atoms with Gasteiger partial charge in [-0.2, -0.15) is 0 Å². The van der Waals surface area contributed by atoms with Crippen molar-refractivity contribution < 1.29 is 14.0 Å². The number of anilines is 3. The van der Waals surface area contributed by atoms with E-state index < -0.39 is 5.82 Å². The van der Waals surface area contributed by atoms with Gasteiger partial charge in [-0.15, -0.1) is 0 Å². The highest BCUT2D eigenvalue weighted by molar-refractivity contribution is 9.10. The molecule has 0 fully saturated rings. The molecule has 0 saturated carbocycles. The minimum absolute atomic E-state index is 0.195. The van der Waals surface area contributed by atoms with E-state index in [0.717, 1.165) is 4.47 Å². The topological polar surface area (TPSA) is 58.2 Å². The van der Waals surface area contributed by atoms with Crippen molar-refractivity contribution in [2.75, 3.05) is 10.6 Å². The summed E-state index contributed by atoms with van der Waals surface area (Å²) < 4.78 is 14.1. The number of benzene rings is 3. The van der Waals surface area contributed by atoms with E-state index in [-0.39, 0.29) is 16.7 Å². The zero-order chi connectivity index (χ0) is 21.1. The second-order valence-electron chi connectivity index (χ2n) is 6.48. The number of amides is 1. The Balaban J connectivity index is 1.89. The first-order valence-electron chi connectivity index (χ1n) is 8.69. The van der Waals surface area contributed by atoms with Crippen molar-refractivity contribution in [3.05, 3.63) is 86.6 Å². The van der Waals surface area contributed by atoms with Crippen LogP contribution in [0, 0.1) is 12.7 Å². The fourth-order valence-electron chi connectivity index (χ4n) is 2.88. The third-order valence-corrected chi connectivity index (χ3v) is 5.02. The SMILES string of the molecule is CC(=O)Nc1cc(Br)ccc1Nc1ccc(C(=O)c2ccc(F)cc2C)c(Cl)c1. The van der Waals surface area contributed by atoms with Gasteiger partial charge in [-0.3, -0.25) is 9.59 Å². The summed E-state index contributed by atoms with van der Waals surface area (Å²) >= 11 is 9.74. The highest BCUT2D eigenvalue weighted by atomic mass is 79.9. The van der Waals surface area contributed by atoms with Crippen molar-refractivity contribution in [3.8, 4) is 0 Å². The van der Waals surface area contributed by atoms with E-state index in [1.165, 1.54) is 25.1 Å². The Bertz CT molecular complexity index is 1120. The van der Waals surface area contributed by atoms with Gasteiger partial charge in [0.2, 0.25) is 5.91 Å². The van der Waals surface area contributed by atoms with Crippen LogP contribution in [0.25, 0.3) is 0 Å². The summed E-state index contributed by atoms with van der Waals surface area (Å²) in [6.45, 7) is 3.11. The second-order valence-corrected chi connectivity index (χ2v) is 7.80. The van der Waals surface area contributed by atoms with Crippen LogP contribution in [0.15, 0.2) is 59.1 Å². The van der Waals surface area contributed by atoms with Crippen molar-refractivity contribution in [2.45, 2.75) is 13.8 Å². The van der Waals surface area contributed by atoms with Crippen LogP contribution in [0.2, 0.25) is 5.02 Å². The van der Waals surface area contributed by atoms with Crippen LogP contribution in [0.1, 0.15) is 28.4 Å². The van der Waals surface area contributed by atoms with Crippen LogP contribution in [0.4, 0.5) is 21.5 Å². The number of rotatable bonds is 5. The fourth-order valence-corrected chi connectivity index (χ4v) is 3.51. The van der Waals surface area contributed by atoms with E-state index in [0.29, 0.717) is 33.8 Å². The highest BCUT2D eigenvalue weighted by Crippen LogP contribution is 2.31. The molecule has 0 aliphatic rings. The Labute approximate surface area is 181 Å². The third kappa shape index (κ3) is 5.02. The van der Waals surface area contributed by atoms with Crippen molar-refractivity contribution in [2.24, 2.45) is 0 Å². The number of halogens is 3. The summed E-state index contributed by atoms with van der Waals surface area (Å²) in [6, 6.07) is 14.4. The molecule has 3 aromatic rings. The van der Waals surface area contributed by atoms with Crippen LogP contribution in [-0.4, -0.2) is 11.7 Å². The minimum atomic E-state index is -0.394. The molecule has 0 aromatic heterocycles. The molecular weight excluding hydrogens is 459 g/mol. The number of ketones is 1. The van der Waals surface area contributed by atoms with Gasteiger partial charge in [-0.1, -0.05) is 27.5 Å². The lowest BCUT2D eigenvalue weighted by Crippen LogP contribution is -2.08. The van der Waals surface area contributed by atoms with Crippen molar-refractivity contribution >= 4 is 56.3 Å². The highest BCUT2D eigenvalue weighted by Gasteiger charge is 2.16. The number of hydrogen-bond acceptors (Lipinski definition) is 3. The molecule has 2 N–H and O–H groups in total. The van der Waals surface area contributed by atoms with Gasteiger partial charge in [0, 0.05) is 28.2 Å². The van der Waals surface area contributed by atoms with Gasteiger partial charge < -0.3 is 10.6 Å². The molecule has 0 spiro atoms. The minimum Gasteiger partial charge on any atom is -0.354 e. The quantitative estimate of drug-likeness (QED) is 0.415. The molecule has 0 aliphatic carbocycles. The van der Waals surface area contributed by atoms with Crippen LogP contribution in [0.3, 0.4) is 0 Å². The van der Waals surface area contributed by atoms with E-state index >= 15 is 0 Å². The summed E-state index contributed by atoms with van der Waals surface area (Å²) in [7, 11) is 0.